The Bertz CT molecular complexity index is 1500. The predicted octanol–water partition coefficient (Wildman–Crippen LogP) is 1.75. The van der Waals surface area contributed by atoms with Gasteiger partial charge in [-0.1, -0.05) is 6.07 Å². The third-order valence-corrected chi connectivity index (χ3v) is 7.62. The molecule has 4 aromatic rings. The zero-order valence-corrected chi connectivity index (χ0v) is 21.9. The Morgan fingerprint density at radius 2 is 2.11 bits per heavy atom. The Morgan fingerprint density at radius 3 is 2.84 bits per heavy atom. The molecule has 1 aliphatic rings. The molecule has 12 nitrogen and oxygen atoms in total. The largest absolute Gasteiger partial charge is 0.495 e. The number of aryl methyl sites for hydroxylation is 1. The highest BCUT2D eigenvalue weighted by molar-refractivity contribution is 7.22. The molecule has 0 radical (unpaired) electrons. The monoisotopic (exact) mass is 540 g/mol. The van der Waals surface area contributed by atoms with E-state index in [1.807, 2.05) is 17.9 Å². The van der Waals surface area contributed by atoms with Gasteiger partial charge in [-0.2, -0.15) is 10.2 Å². The fraction of sp³-hybridized carbons (Fsp3) is 0.360. The number of anilines is 1. The molecule has 0 atom stereocenters. The first-order valence-corrected chi connectivity index (χ1v) is 12.8. The summed E-state index contributed by atoms with van der Waals surface area (Å²) in [6.45, 7) is 3.66. The van der Waals surface area contributed by atoms with Gasteiger partial charge >= 0.3 is 6.47 Å². The molecule has 0 unspecified atom stereocenters. The molecule has 1 amide bonds. The van der Waals surface area contributed by atoms with Crippen LogP contribution in [0.25, 0.3) is 26.0 Å². The topological polar surface area (TPSA) is 145 Å². The van der Waals surface area contributed by atoms with Gasteiger partial charge in [0.2, 0.25) is 0 Å². The molecule has 3 aromatic heterocycles. The maximum atomic E-state index is 12.5. The molecular formula is C25H28N6O6S. The molecule has 0 bridgehead atoms. The van der Waals surface area contributed by atoms with Crippen LogP contribution in [0.2, 0.25) is 0 Å². The summed E-state index contributed by atoms with van der Waals surface area (Å²) in [6.07, 6.45) is 1.40. The number of methoxy groups -OCH3 is 1. The lowest BCUT2D eigenvalue weighted by Gasteiger charge is -2.31. The Kier molecular flexibility index (Phi) is 7.42. The number of aliphatic hydroxyl groups is 1. The van der Waals surface area contributed by atoms with E-state index in [0.717, 1.165) is 48.2 Å². The first-order chi connectivity index (χ1) is 18.4. The van der Waals surface area contributed by atoms with Crippen LogP contribution in [-0.4, -0.2) is 82.0 Å². The molecule has 0 saturated carbocycles. The van der Waals surface area contributed by atoms with E-state index in [1.165, 1.54) is 6.33 Å². The van der Waals surface area contributed by atoms with Crippen molar-refractivity contribution in [1.82, 2.24) is 24.6 Å². The van der Waals surface area contributed by atoms with Crippen molar-refractivity contribution in [3.8, 4) is 16.2 Å². The summed E-state index contributed by atoms with van der Waals surface area (Å²) in [7, 11) is 1.65. The van der Waals surface area contributed by atoms with Crippen molar-refractivity contribution < 1.29 is 29.0 Å². The van der Waals surface area contributed by atoms with Gasteiger partial charge in [-0.3, -0.25) is 14.5 Å². The highest BCUT2D eigenvalue weighted by Gasteiger charge is 2.30. The van der Waals surface area contributed by atoms with E-state index in [-0.39, 0.29) is 45.3 Å². The predicted molar refractivity (Wildman–Crippen MR) is 140 cm³/mol. The highest BCUT2D eigenvalue weighted by atomic mass is 32.1. The Hall–Kier alpha value is -3.78. The van der Waals surface area contributed by atoms with E-state index in [2.05, 4.69) is 22.2 Å². The van der Waals surface area contributed by atoms with Crippen LogP contribution in [0.5, 0.6) is 5.75 Å². The standard InChI is InChI=1S/C25H28N6O6S/c1-15-7-16-9-20(38-24(16)19(8-15)35-2)22-17(12-36-6-5-32)18(31-23(22)25(26)27-13-28-31)10-29-3-4-30(37-14-33)21(34)11-29/h7-9,13-14,32H,3-6,10-12H2,1-2H3,(H2,26,27,28). The zero-order chi connectivity index (χ0) is 26.8. The summed E-state index contributed by atoms with van der Waals surface area (Å²) in [6, 6.07) is 6.20. The lowest BCUT2D eigenvalue weighted by atomic mass is 10.1. The molecule has 0 spiro atoms. The van der Waals surface area contributed by atoms with Gasteiger partial charge < -0.3 is 25.2 Å². The van der Waals surface area contributed by atoms with Gasteiger partial charge in [0, 0.05) is 29.1 Å². The lowest BCUT2D eigenvalue weighted by Crippen LogP contribution is -2.49. The quantitative estimate of drug-likeness (QED) is 0.225. The van der Waals surface area contributed by atoms with Gasteiger partial charge in [-0.05, 0) is 30.0 Å². The van der Waals surface area contributed by atoms with E-state index in [0.29, 0.717) is 24.4 Å². The molecule has 38 heavy (non-hydrogen) atoms. The summed E-state index contributed by atoms with van der Waals surface area (Å²) < 4.78 is 14.2. The molecule has 1 aliphatic heterocycles. The van der Waals surface area contributed by atoms with Crippen LogP contribution in [0.4, 0.5) is 5.82 Å². The number of nitrogens with zero attached hydrogens (tertiary/aromatic N) is 5. The van der Waals surface area contributed by atoms with Crippen LogP contribution < -0.4 is 10.5 Å². The minimum Gasteiger partial charge on any atom is -0.495 e. The van der Waals surface area contributed by atoms with Crippen molar-refractivity contribution in [3.05, 3.63) is 41.3 Å². The Balaban J connectivity index is 1.65. The smallest absolute Gasteiger partial charge is 0.320 e. The molecule has 4 heterocycles. The second kappa shape index (κ2) is 10.9. The number of ether oxygens (including phenoxy) is 2. The molecular weight excluding hydrogens is 512 g/mol. The number of benzene rings is 1. The highest BCUT2D eigenvalue weighted by Crippen LogP contribution is 2.44. The second-order valence-corrected chi connectivity index (χ2v) is 9.94. The summed E-state index contributed by atoms with van der Waals surface area (Å²) >= 11 is 1.57. The van der Waals surface area contributed by atoms with Crippen LogP contribution in [-0.2, 0) is 32.3 Å². The van der Waals surface area contributed by atoms with Gasteiger partial charge in [-0.25, -0.2) is 9.50 Å². The van der Waals surface area contributed by atoms with Crippen molar-refractivity contribution in [1.29, 1.82) is 0 Å². The first-order valence-electron chi connectivity index (χ1n) is 12.0. The third kappa shape index (κ3) is 4.76. The van der Waals surface area contributed by atoms with Crippen LogP contribution in [0, 0.1) is 6.92 Å². The summed E-state index contributed by atoms with van der Waals surface area (Å²) in [5.74, 6) is 0.783. The summed E-state index contributed by atoms with van der Waals surface area (Å²) in [4.78, 5) is 35.1. The van der Waals surface area contributed by atoms with Crippen LogP contribution >= 0.6 is 11.3 Å². The number of hydroxylamine groups is 2. The number of hydrogen-bond donors (Lipinski definition) is 2. The van der Waals surface area contributed by atoms with E-state index < -0.39 is 0 Å². The molecule has 5 rings (SSSR count). The first kappa shape index (κ1) is 25.9. The number of thiophene rings is 1. The number of aromatic nitrogens is 3. The Labute approximate surface area is 222 Å². The maximum Gasteiger partial charge on any atom is 0.320 e. The van der Waals surface area contributed by atoms with Crippen LogP contribution in [0.1, 0.15) is 16.8 Å². The molecule has 200 valence electrons. The van der Waals surface area contributed by atoms with E-state index in [9.17, 15) is 14.7 Å². The number of rotatable bonds is 10. The van der Waals surface area contributed by atoms with Gasteiger partial charge in [0.1, 0.15) is 17.6 Å². The average molecular weight is 541 g/mol. The average Bonchev–Trinajstić information content (AvgIpc) is 3.45. The molecule has 13 heteroatoms. The number of nitrogen functional groups attached to an aromatic ring is 1. The molecule has 1 saturated heterocycles. The summed E-state index contributed by atoms with van der Waals surface area (Å²) in [5, 5.41) is 16.0. The Morgan fingerprint density at radius 1 is 1.26 bits per heavy atom. The van der Waals surface area contributed by atoms with Crippen molar-refractivity contribution in [2.24, 2.45) is 0 Å². The second-order valence-electron chi connectivity index (χ2n) is 8.89. The minimum atomic E-state index is -0.316. The molecule has 1 aromatic carbocycles. The van der Waals surface area contributed by atoms with E-state index in [1.54, 1.807) is 23.0 Å². The third-order valence-electron chi connectivity index (χ3n) is 6.44. The van der Waals surface area contributed by atoms with Gasteiger partial charge in [-0.15, -0.1) is 11.3 Å². The fourth-order valence-corrected chi connectivity index (χ4v) is 6.00. The number of carbonyl (C=O) groups excluding carboxylic acids is 2. The summed E-state index contributed by atoms with van der Waals surface area (Å²) in [5.41, 5.74) is 10.6. The SMILES string of the molecule is COc1cc(C)cc2cc(-c3c(COCCO)c(CN4CCN(OC=O)C(=O)C4)n4ncnc(N)c34)sc12. The van der Waals surface area contributed by atoms with Crippen molar-refractivity contribution >= 4 is 45.1 Å². The number of aliphatic hydroxyl groups excluding tert-OH is 1. The zero-order valence-electron chi connectivity index (χ0n) is 21.0. The number of fused-ring (bicyclic) bond motifs is 2. The normalized spacial score (nSPS) is 14.5. The van der Waals surface area contributed by atoms with Gasteiger partial charge in [0.05, 0.1) is 50.4 Å². The lowest BCUT2D eigenvalue weighted by molar-refractivity contribution is -0.193. The number of hydrogen-bond acceptors (Lipinski definition) is 11. The van der Waals surface area contributed by atoms with Crippen LogP contribution in [0.3, 0.4) is 0 Å². The van der Waals surface area contributed by atoms with Crippen LogP contribution in [0.15, 0.2) is 24.5 Å². The van der Waals surface area contributed by atoms with E-state index >= 15 is 0 Å². The number of piperazine rings is 1. The van der Waals surface area contributed by atoms with Gasteiger partial charge in [0.25, 0.3) is 5.91 Å². The fourth-order valence-electron chi connectivity index (χ4n) is 4.80. The number of carbonyl (C=O) groups is 2. The number of amides is 1. The molecule has 0 aliphatic carbocycles. The number of nitrogens with two attached hydrogens (primary N) is 1. The van der Waals surface area contributed by atoms with Crippen molar-refractivity contribution in [3.63, 3.8) is 0 Å². The molecule has 3 N–H and O–H groups in total. The van der Waals surface area contributed by atoms with Crippen molar-refractivity contribution in [2.75, 3.05) is 45.7 Å². The van der Waals surface area contributed by atoms with Gasteiger partial charge in [0.15, 0.2) is 5.82 Å². The minimum absolute atomic E-state index is 0.0628. The molecule has 1 fully saturated rings. The maximum absolute atomic E-state index is 12.5. The van der Waals surface area contributed by atoms with E-state index in [4.69, 9.17) is 20.0 Å². The van der Waals surface area contributed by atoms with Crippen molar-refractivity contribution in [2.45, 2.75) is 20.1 Å².